The lowest BCUT2D eigenvalue weighted by Gasteiger charge is -2.04. The van der Waals surface area contributed by atoms with Crippen molar-refractivity contribution < 1.29 is 18.4 Å². The maximum Gasteiger partial charge on any atom is 0.264 e. The molecule has 0 aliphatic rings. The van der Waals surface area contributed by atoms with Crippen molar-refractivity contribution in [3.8, 4) is 22.9 Å². The Morgan fingerprint density at radius 3 is 2.60 bits per heavy atom. The standard InChI is InChI=1S/C18H15N3O4/c1-11-19-15-9-12(3-8-16(15)24-11)18-20-17(25-21-18)10-23-14-6-4-13(22-2)5-7-14/h3-9H,10H2,1-2H3. The predicted octanol–water partition coefficient (Wildman–Crippen LogP) is 3.77. The second-order valence-electron chi connectivity index (χ2n) is 5.39. The van der Waals surface area contributed by atoms with Crippen LogP contribution >= 0.6 is 0 Å². The molecule has 2 aromatic carbocycles. The molecule has 7 nitrogen and oxygen atoms in total. The Balaban J connectivity index is 1.48. The number of fused-ring (bicyclic) bond motifs is 1. The molecule has 0 saturated heterocycles. The lowest BCUT2D eigenvalue weighted by Crippen LogP contribution is -1.95. The SMILES string of the molecule is COc1ccc(OCc2nc(-c3ccc4oc(C)nc4c3)no2)cc1. The smallest absolute Gasteiger partial charge is 0.264 e. The van der Waals surface area contributed by atoms with Crippen molar-refractivity contribution in [1.29, 1.82) is 0 Å². The molecule has 25 heavy (non-hydrogen) atoms. The van der Waals surface area contributed by atoms with Crippen molar-refractivity contribution >= 4 is 11.1 Å². The zero-order valence-electron chi connectivity index (χ0n) is 13.7. The Morgan fingerprint density at radius 2 is 1.80 bits per heavy atom. The molecule has 0 N–H and O–H groups in total. The van der Waals surface area contributed by atoms with Gasteiger partial charge >= 0.3 is 0 Å². The summed E-state index contributed by atoms with van der Waals surface area (Å²) in [5.41, 5.74) is 2.30. The van der Waals surface area contributed by atoms with E-state index in [1.54, 1.807) is 7.11 Å². The molecular formula is C18H15N3O4. The summed E-state index contributed by atoms with van der Waals surface area (Å²) < 4.78 is 21.5. The first-order chi connectivity index (χ1) is 12.2. The molecule has 0 aliphatic carbocycles. The van der Waals surface area contributed by atoms with E-state index in [-0.39, 0.29) is 6.61 Å². The molecule has 7 heteroatoms. The van der Waals surface area contributed by atoms with Gasteiger partial charge in [-0.2, -0.15) is 4.98 Å². The summed E-state index contributed by atoms with van der Waals surface area (Å²) in [5, 5.41) is 4.00. The van der Waals surface area contributed by atoms with Gasteiger partial charge in [-0.3, -0.25) is 0 Å². The zero-order chi connectivity index (χ0) is 17.2. The number of hydrogen-bond donors (Lipinski definition) is 0. The minimum absolute atomic E-state index is 0.185. The van der Waals surface area contributed by atoms with E-state index in [2.05, 4.69) is 15.1 Å². The summed E-state index contributed by atoms with van der Waals surface area (Å²) in [5.74, 6) is 2.96. The number of hydrogen-bond acceptors (Lipinski definition) is 7. The molecule has 4 aromatic rings. The summed E-state index contributed by atoms with van der Waals surface area (Å²) in [7, 11) is 1.62. The van der Waals surface area contributed by atoms with Crippen LogP contribution in [-0.2, 0) is 6.61 Å². The molecule has 126 valence electrons. The van der Waals surface area contributed by atoms with Gasteiger partial charge in [0.1, 0.15) is 17.0 Å². The number of oxazole rings is 1. The average Bonchev–Trinajstić information content (AvgIpc) is 3.25. The largest absolute Gasteiger partial charge is 0.497 e. The highest BCUT2D eigenvalue weighted by atomic mass is 16.5. The van der Waals surface area contributed by atoms with Crippen LogP contribution in [0.5, 0.6) is 11.5 Å². The Kier molecular flexibility index (Phi) is 3.81. The maximum absolute atomic E-state index is 5.64. The van der Waals surface area contributed by atoms with E-state index in [0.717, 1.165) is 22.4 Å². The highest BCUT2D eigenvalue weighted by Gasteiger charge is 2.11. The van der Waals surface area contributed by atoms with E-state index in [4.69, 9.17) is 18.4 Å². The Labute approximate surface area is 143 Å². The van der Waals surface area contributed by atoms with Gasteiger partial charge in [0.25, 0.3) is 5.89 Å². The molecule has 0 aliphatic heterocycles. The third-order valence-electron chi connectivity index (χ3n) is 3.64. The molecule has 0 fully saturated rings. The van der Waals surface area contributed by atoms with Gasteiger partial charge in [0.15, 0.2) is 18.1 Å². The number of methoxy groups -OCH3 is 1. The van der Waals surface area contributed by atoms with Crippen molar-refractivity contribution in [2.75, 3.05) is 7.11 Å². The molecule has 0 radical (unpaired) electrons. The average molecular weight is 337 g/mol. The van der Waals surface area contributed by atoms with Gasteiger partial charge < -0.3 is 18.4 Å². The van der Waals surface area contributed by atoms with Gasteiger partial charge in [-0.15, -0.1) is 0 Å². The van der Waals surface area contributed by atoms with Crippen molar-refractivity contribution in [3.05, 3.63) is 54.2 Å². The van der Waals surface area contributed by atoms with Gasteiger partial charge in [-0.05, 0) is 42.5 Å². The van der Waals surface area contributed by atoms with E-state index in [9.17, 15) is 0 Å². The first-order valence-corrected chi connectivity index (χ1v) is 7.68. The molecule has 0 atom stereocenters. The van der Waals surface area contributed by atoms with Crippen LogP contribution in [0.3, 0.4) is 0 Å². The first-order valence-electron chi connectivity index (χ1n) is 7.68. The maximum atomic E-state index is 5.64. The molecule has 2 heterocycles. The first kappa shape index (κ1) is 15.2. The molecule has 2 aromatic heterocycles. The van der Waals surface area contributed by atoms with Crippen LogP contribution in [0.15, 0.2) is 51.4 Å². The zero-order valence-corrected chi connectivity index (χ0v) is 13.7. The molecule has 0 bridgehead atoms. The van der Waals surface area contributed by atoms with Crippen LogP contribution in [0, 0.1) is 6.92 Å². The molecule has 0 saturated carbocycles. The van der Waals surface area contributed by atoms with Crippen molar-refractivity contribution in [2.45, 2.75) is 13.5 Å². The van der Waals surface area contributed by atoms with Gasteiger partial charge in [0, 0.05) is 12.5 Å². The van der Waals surface area contributed by atoms with Gasteiger partial charge in [-0.1, -0.05) is 5.16 Å². The van der Waals surface area contributed by atoms with E-state index in [1.807, 2.05) is 49.4 Å². The lowest BCUT2D eigenvalue weighted by atomic mass is 10.2. The van der Waals surface area contributed by atoms with Crippen LogP contribution in [-0.4, -0.2) is 22.2 Å². The minimum atomic E-state index is 0.185. The summed E-state index contributed by atoms with van der Waals surface area (Å²) in [4.78, 5) is 8.67. The van der Waals surface area contributed by atoms with Gasteiger partial charge in [-0.25, -0.2) is 4.98 Å². The molecule has 0 amide bonds. The third kappa shape index (κ3) is 3.16. The second-order valence-corrected chi connectivity index (χ2v) is 5.39. The van der Waals surface area contributed by atoms with E-state index < -0.39 is 0 Å². The van der Waals surface area contributed by atoms with Crippen LogP contribution in [0.2, 0.25) is 0 Å². The number of nitrogens with zero attached hydrogens (tertiary/aromatic N) is 3. The van der Waals surface area contributed by atoms with Crippen molar-refractivity contribution in [3.63, 3.8) is 0 Å². The van der Waals surface area contributed by atoms with Crippen LogP contribution in [0.25, 0.3) is 22.5 Å². The molecular weight excluding hydrogens is 322 g/mol. The topological polar surface area (TPSA) is 83.4 Å². The molecule has 0 unspecified atom stereocenters. The van der Waals surface area contributed by atoms with Crippen molar-refractivity contribution in [2.24, 2.45) is 0 Å². The summed E-state index contributed by atoms with van der Waals surface area (Å²) in [6.07, 6.45) is 0. The number of aryl methyl sites for hydroxylation is 1. The normalized spacial score (nSPS) is 11.0. The monoisotopic (exact) mass is 337 g/mol. The quantitative estimate of drug-likeness (QED) is 0.548. The molecule has 4 rings (SSSR count). The van der Waals surface area contributed by atoms with Crippen LogP contribution < -0.4 is 9.47 Å². The number of aromatic nitrogens is 3. The van der Waals surface area contributed by atoms with E-state index >= 15 is 0 Å². The predicted molar refractivity (Wildman–Crippen MR) is 89.4 cm³/mol. The second kappa shape index (κ2) is 6.27. The minimum Gasteiger partial charge on any atom is -0.497 e. The molecule has 0 spiro atoms. The van der Waals surface area contributed by atoms with Crippen molar-refractivity contribution in [1.82, 2.24) is 15.1 Å². The van der Waals surface area contributed by atoms with Crippen LogP contribution in [0.4, 0.5) is 0 Å². The Morgan fingerprint density at radius 1 is 1.00 bits per heavy atom. The fourth-order valence-electron chi connectivity index (χ4n) is 2.43. The van der Waals surface area contributed by atoms with Gasteiger partial charge in [0.05, 0.1) is 7.11 Å². The highest BCUT2D eigenvalue weighted by Crippen LogP contribution is 2.23. The Hall–Kier alpha value is -3.35. The third-order valence-corrected chi connectivity index (χ3v) is 3.64. The summed E-state index contributed by atoms with van der Waals surface area (Å²) in [6, 6.07) is 12.9. The fourth-order valence-corrected chi connectivity index (χ4v) is 2.43. The lowest BCUT2D eigenvalue weighted by molar-refractivity contribution is 0.242. The van der Waals surface area contributed by atoms with E-state index in [0.29, 0.717) is 23.4 Å². The fraction of sp³-hybridized carbons (Fsp3) is 0.167. The Bertz CT molecular complexity index is 1000. The van der Waals surface area contributed by atoms with Gasteiger partial charge in [0.2, 0.25) is 5.82 Å². The number of rotatable bonds is 5. The van der Waals surface area contributed by atoms with E-state index in [1.165, 1.54) is 0 Å². The van der Waals surface area contributed by atoms with Crippen LogP contribution in [0.1, 0.15) is 11.8 Å². The summed E-state index contributed by atoms with van der Waals surface area (Å²) >= 11 is 0. The number of benzene rings is 2. The summed E-state index contributed by atoms with van der Waals surface area (Å²) in [6.45, 7) is 1.99. The highest BCUT2D eigenvalue weighted by molar-refractivity contribution is 5.78. The number of ether oxygens (including phenoxy) is 2.